The maximum atomic E-state index is 11.3. The molecule has 2 aromatic rings. The molecule has 2 atom stereocenters. The molecule has 32 heavy (non-hydrogen) atoms. The molecule has 4 rings (SSSR count). The second-order valence-corrected chi connectivity index (χ2v) is 11.8. The van der Waals surface area contributed by atoms with E-state index in [4.69, 9.17) is 0 Å². The molecule has 0 fully saturated rings. The monoisotopic (exact) mass is 514 g/mol. The third-order valence-corrected chi connectivity index (χ3v) is 8.95. The number of anilines is 2. The standard InChI is InChI=1S/C18H20N4O6S4/c1-3-21-13-7-5-11(31(23,24)25)9-15(13)29-17(21)19-20-18-22(4-2)14-8-6-12(32(26,27)28)10-16(14)30-18/h5-10,17-18H,3-4H2,1-2H3,(H,23,24,25)(H,26,27,28)/p-2/b20-19+. The molecule has 0 saturated carbocycles. The number of rotatable bonds is 6. The SMILES string of the molecule is CCN1c2ccc(S(=O)(=O)[O-])cc2SC1/N=N/C1Sc2cc(S(=O)(=O)[O-])ccc2N1CC. The molecule has 0 saturated heterocycles. The third kappa shape index (κ3) is 4.34. The van der Waals surface area contributed by atoms with E-state index in [0.29, 0.717) is 22.9 Å². The maximum absolute atomic E-state index is 11.3. The van der Waals surface area contributed by atoms with Crippen molar-refractivity contribution in [2.45, 2.75) is 44.4 Å². The Morgan fingerprint density at radius 3 is 1.47 bits per heavy atom. The lowest BCUT2D eigenvalue weighted by molar-refractivity contribution is 0.460. The molecule has 172 valence electrons. The predicted molar refractivity (Wildman–Crippen MR) is 119 cm³/mol. The van der Waals surface area contributed by atoms with Crippen LogP contribution in [0.4, 0.5) is 11.4 Å². The fraction of sp³-hybridized carbons (Fsp3) is 0.333. The minimum absolute atomic E-state index is 0.291. The Balaban J connectivity index is 1.58. The third-order valence-electron chi connectivity index (χ3n) is 5.00. The van der Waals surface area contributed by atoms with Crippen LogP contribution in [0.2, 0.25) is 0 Å². The Labute approximate surface area is 194 Å². The lowest BCUT2D eigenvalue weighted by atomic mass is 10.3. The summed E-state index contributed by atoms with van der Waals surface area (Å²) in [7, 11) is -9.12. The molecule has 2 heterocycles. The van der Waals surface area contributed by atoms with Gasteiger partial charge < -0.3 is 18.9 Å². The Morgan fingerprint density at radius 1 is 0.781 bits per heavy atom. The van der Waals surface area contributed by atoms with Gasteiger partial charge in [0.25, 0.3) is 0 Å². The first-order valence-corrected chi connectivity index (χ1v) is 14.1. The first-order chi connectivity index (χ1) is 15.0. The van der Waals surface area contributed by atoms with Gasteiger partial charge in [-0.05, 0) is 50.2 Å². The van der Waals surface area contributed by atoms with E-state index in [0.717, 1.165) is 11.4 Å². The zero-order valence-electron chi connectivity index (χ0n) is 16.9. The largest absolute Gasteiger partial charge is 0.744 e. The first-order valence-electron chi connectivity index (χ1n) is 9.49. The average molecular weight is 515 g/mol. The lowest BCUT2D eigenvalue weighted by Crippen LogP contribution is -2.29. The van der Waals surface area contributed by atoms with Gasteiger partial charge in [0.2, 0.25) is 0 Å². The Hall–Kier alpha value is -1.84. The van der Waals surface area contributed by atoms with E-state index in [-0.39, 0.29) is 9.79 Å². The van der Waals surface area contributed by atoms with Crippen molar-refractivity contribution in [1.82, 2.24) is 0 Å². The van der Waals surface area contributed by atoms with E-state index in [1.807, 2.05) is 23.6 Å². The Bertz CT molecular complexity index is 1200. The molecule has 0 spiro atoms. The first kappa shape index (κ1) is 23.3. The van der Waals surface area contributed by atoms with Crippen molar-refractivity contribution in [2.24, 2.45) is 10.2 Å². The summed E-state index contributed by atoms with van der Waals surface area (Å²) in [6.07, 6.45) is 0. The zero-order valence-corrected chi connectivity index (χ0v) is 20.2. The summed E-state index contributed by atoms with van der Waals surface area (Å²) in [5.74, 6) is 0. The second-order valence-electron chi connectivity index (χ2n) is 6.86. The highest BCUT2D eigenvalue weighted by molar-refractivity contribution is 8.00. The average Bonchev–Trinajstić information content (AvgIpc) is 3.26. The summed E-state index contributed by atoms with van der Waals surface area (Å²) in [6.45, 7) is 5.04. The van der Waals surface area contributed by atoms with Gasteiger partial charge in [-0.1, -0.05) is 23.5 Å². The minimum Gasteiger partial charge on any atom is -0.744 e. The highest BCUT2D eigenvalue weighted by Crippen LogP contribution is 2.47. The van der Waals surface area contributed by atoms with E-state index in [9.17, 15) is 25.9 Å². The van der Waals surface area contributed by atoms with Crippen molar-refractivity contribution in [3.63, 3.8) is 0 Å². The smallest absolute Gasteiger partial charge is 0.194 e. The number of nitrogens with zero attached hydrogens (tertiary/aromatic N) is 4. The van der Waals surface area contributed by atoms with Gasteiger partial charge in [-0.3, -0.25) is 0 Å². The van der Waals surface area contributed by atoms with Crippen LogP contribution >= 0.6 is 23.5 Å². The van der Waals surface area contributed by atoms with E-state index in [1.165, 1.54) is 47.8 Å². The topological polar surface area (TPSA) is 146 Å². The molecule has 2 unspecified atom stereocenters. The minimum atomic E-state index is -4.56. The van der Waals surface area contributed by atoms with Crippen LogP contribution in [0.25, 0.3) is 0 Å². The van der Waals surface area contributed by atoms with Gasteiger partial charge in [0.1, 0.15) is 20.2 Å². The number of hydrogen-bond donors (Lipinski definition) is 0. The van der Waals surface area contributed by atoms with Crippen LogP contribution in [-0.4, -0.2) is 50.0 Å². The molecular formula is C18H18N4O6S4-2. The van der Waals surface area contributed by atoms with Gasteiger partial charge >= 0.3 is 0 Å². The van der Waals surface area contributed by atoms with Crippen molar-refractivity contribution in [3.05, 3.63) is 36.4 Å². The number of hydrogen-bond acceptors (Lipinski definition) is 12. The number of fused-ring (bicyclic) bond motifs is 2. The van der Waals surface area contributed by atoms with Crippen LogP contribution in [0, 0.1) is 0 Å². The lowest BCUT2D eigenvalue weighted by Gasteiger charge is -2.23. The normalized spacial score (nSPS) is 20.8. The number of benzene rings is 2. The van der Waals surface area contributed by atoms with Crippen molar-refractivity contribution in [1.29, 1.82) is 0 Å². The molecule has 14 heteroatoms. The van der Waals surface area contributed by atoms with Crippen LogP contribution in [0.1, 0.15) is 13.8 Å². The summed E-state index contributed by atoms with van der Waals surface area (Å²) >= 11 is 2.59. The van der Waals surface area contributed by atoms with Crippen molar-refractivity contribution >= 4 is 55.1 Å². The molecule has 10 nitrogen and oxygen atoms in total. The van der Waals surface area contributed by atoms with E-state index in [2.05, 4.69) is 10.2 Å². The second kappa shape index (κ2) is 8.50. The van der Waals surface area contributed by atoms with Gasteiger partial charge in [0, 0.05) is 22.9 Å². The quantitative estimate of drug-likeness (QED) is 0.416. The van der Waals surface area contributed by atoms with E-state index in [1.54, 1.807) is 12.1 Å². The molecule has 2 aromatic carbocycles. The highest BCUT2D eigenvalue weighted by Gasteiger charge is 2.33. The Kier molecular flexibility index (Phi) is 6.19. The van der Waals surface area contributed by atoms with Gasteiger partial charge in [-0.15, -0.1) is 0 Å². The predicted octanol–water partition coefficient (Wildman–Crippen LogP) is 3.08. The van der Waals surface area contributed by atoms with E-state index >= 15 is 0 Å². The van der Waals surface area contributed by atoms with Gasteiger partial charge in [0.15, 0.2) is 11.0 Å². The summed E-state index contributed by atoms with van der Waals surface area (Å²) in [4.78, 5) is 4.56. The molecule has 2 aliphatic rings. The van der Waals surface area contributed by atoms with Gasteiger partial charge in [0.05, 0.1) is 21.2 Å². The highest BCUT2D eigenvalue weighted by atomic mass is 32.2. The molecule has 2 aliphatic heterocycles. The summed E-state index contributed by atoms with van der Waals surface area (Å²) in [6, 6.07) is 8.46. The van der Waals surface area contributed by atoms with Gasteiger partial charge in [-0.25, -0.2) is 16.8 Å². The molecule has 0 aromatic heterocycles. The Morgan fingerprint density at radius 2 is 1.16 bits per heavy atom. The van der Waals surface area contributed by atoms with Crippen LogP contribution in [-0.2, 0) is 20.2 Å². The van der Waals surface area contributed by atoms with Crippen molar-refractivity contribution in [3.8, 4) is 0 Å². The molecule has 0 radical (unpaired) electrons. The maximum Gasteiger partial charge on any atom is 0.194 e. The fourth-order valence-electron chi connectivity index (χ4n) is 3.49. The van der Waals surface area contributed by atoms with Crippen LogP contribution in [0.15, 0.2) is 66.2 Å². The van der Waals surface area contributed by atoms with Crippen molar-refractivity contribution in [2.75, 3.05) is 22.9 Å². The van der Waals surface area contributed by atoms with Crippen molar-refractivity contribution < 1.29 is 25.9 Å². The summed E-state index contributed by atoms with van der Waals surface area (Å²) in [5.41, 5.74) is 0.656. The number of azo groups is 1. The zero-order chi connectivity index (χ0) is 23.3. The molecule has 0 N–H and O–H groups in total. The molecule has 0 amide bonds. The van der Waals surface area contributed by atoms with E-state index < -0.39 is 31.2 Å². The fourth-order valence-corrected chi connectivity index (χ4v) is 7.08. The summed E-state index contributed by atoms with van der Waals surface area (Å²) < 4.78 is 68.1. The van der Waals surface area contributed by atoms with Crippen LogP contribution < -0.4 is 9.80 Å². The van der Waals surface area contributed by atoms with Gasteiger partial charge in [-0.2, -0.15) is 10.2 Å². The number of thioether (sulfide) groups is 2. The van der Waals surface area contributed by atoms with Crippen LogP contribution in [0.5, 0.6) is 0 Å². The molecule has 0 aliphatic carbocycles. The molecule has 0 bridgehead atoms. The van der Waals surface area contributed by atoms with Crippen LogP contribution in [0.3, 0.4) is 0 Å². The molecular weight excluding hydrogens is 496 g/mol. The summed E-state index contributed by atoms with van der Waals surface area (Å²) in [5, 5.41) is 8.92.